The van der Waals surface area contributed by atoms with E-state index in [9.17, 15) is 9.59 Å². The van der Waals surface area contributed by atoms with Crippen LogP contribution in [-0.2, 0) is 17.9 Å². The van der Waals surface area contributed by atoms with Gasteiger partial charge in [0.1, 0.15) is 0 Å². The molecule has 0 spiro atoms. The monoisotopic (exact) mass is 253 g/mol. The number of primary amides is 1. The summed E-state index contributed by atoms with van der Waals surface area (Å²) < 4.78 is 1.89. The van der Waals surface area contributed by atoms with Crippen LogP contribution in [0, 0.1) is 13.8 Å². The molecule has 0 fully saturated rings. The summed E-state index contributed by atoms with van der Waals surface area (Å²) in [5, 5.41) is 9.30. The molecule has 0 aliphatic carbocycles. The van der Waals surface area contributed by atoms with Crippen molar-refractivity contribution in [2.45, 2.75) is 33.9 Å². The molecule has 100 valence electrons. The number of hydrogen-bond acceptors (Lipinski definition) is 3. The number of nitrogens with two attached hydrogens (primary N) is 1. The van der Waals surface area contributed by atoms with Gasteiger partial charge in [-0.1, -0.05) is 0 Å². The van der Waals surface area contributed by atoms with Crippen molar-refractivity contribution in [1.82, 2.24) is 20.4 Å². The number of nitrogens with one attached hydrogen (secondary N) is 2. The molecule has 7 nitrogen and oxygen atoms in total. The number of urea groups is 1. The van der Waals surface area contributed by atoms with Gasteiger partial charge in [0, 0.05) is 24.3 Å². The van der Waals surface area contributed by atoms with E-state index >= 15 is 0 Å². The van der Waals surface area contributed by atoms with E-state index in [-0.39, 0.29) is 12.5 Å². The first-order chi connectivity index (χ1) is 8.45. The molecule has 0 saturated heterocycles. The first kappa shape index (κ1) is 14.0. The van der Waals surface area contributed by atoms with Crippen molar-refractivity contribution in [2.75, 3.05) is 6.54 Å². The highest BCUT2D eigenvalue weighted by Gasteiger charge is 2.11. The summed E-state index contributed by atoms with van der Waals surface area (Å²) in [5.74, 6) is -0.281. The molecule has 4 N–H and O–H groups in total. The Bertz CT molecular complexity index is 453. The first-order valence-electron chi connectivity index (χ1n) is 5.78. The van der Waals surface area contributed by atoms with Crippen molar-refractivity contribution in [3.05, 3.63) is 17.0 Å². The maximum absolute atomic E-state index is 11.4. The van der Waals surface area contributed by atoms with E-state index in [4.69, 9.17) is 5.73 Å². The highest BCUT2D eigenvalue weighted by Crippen LogP contribution is 2.12. The van der Waals surface area contributed by atoms with Crippen LogP contribution in [0.5, 0.6) is 0 Å². The molecule has 0 aliphatic heterocycles. The summed E-state index contributed by atoms with van der Waals surface area (Å²) in [6, 6.07) is -0.712. The van der Waals surface area contributed by atoms with Gasteiger partial charge in [-0.3, -0.25) is 9.48 Å². The minimum Gasteiger partial charge on any atom is -0.352 e. The van der Waals surface area contributed by atoms with E-state index in [1.165, 1.54) is 0 Å². The zero-order chi connectivity index (χ0) is 13.7. The lowest BCUT2D eigenvalue weighted by Gasteiger charge is -2.06. The maximum Gasteiger partial charge on any atom is 0.312 e. The molecule has 0 radical (unpaired) electrons. The van der Waals surface area contributed by atoms with Crippen LogP contribution in [0.3, 0.4) is 0 Å². The number of carbonyl (C=O) groups excluding carboxylic acids is 2. The van der Waals surface area contributed by atoms with Crippen LogP contribution >= 0.6 is 0 Å². The number of rotatable bonds is 5. The van der Waals surface area contributed by atoms with Gasteiger partial charge in [-0.2, -0.15) is 5.10 Å². The zero-order valence-corrected chi connectivity index (χ0v) is 10.9. The van der Waals surface area contributed by atoms with Gasteiger partial charge in [0.05, 0.1) is 12.2 Å². The standard InChI is InChI=1S/C11H19N5O2/c1-4-16-8(3)9(7(2)15-16)5-13-10(17)6-14-11(12)18/h4-6H2,1-3H3,(H,13,17)(H3,12,14,18). The van der Waals surface area contributed by atoms with Crippen LogP contribution in [0.2, 0.25) is 0 Å². The molecule has 0 atom stereocenters. The van der Waals surface area contributed by atoms with E-state index in [2.05, 4.69) is 15.7 Å². The molecule has 0 unspecified atom stereocenters. The fraction of sp³-hybridized carbons (Fsp3) is 0.545. The summed E-state index contributed by atoms with van der Waals surface area (Å²) in [6.07, 6.45) is 0. The molecule has 0 saturated carbocycles. The van der Waals surface area contributed by atoms with E-state index in [1.54, 1.807) is 0 Å². The topological polar surface area (TPSA) is 102 Å². The van der Waals surface area contributed by atoms with Crippen LogP contribution in [0.25, 0.3) is 0 Å². The number of hydrogen-bond donors (Lipinski definition) is 3. The highest BCUT2D eigenvalue weighted by atomic mass is 16.2. The van der Waals surface area contributed by atoms with Crippen LogP contribution < -0.4 is 16.4 Å². The molecule has 1 aromatic rings. The predicted octanol–water partition coefficient (Wildman–Crippen LogP) is -0.196. The van der Waals surface area contributed by atoms with E-state index in [1.807, 2.05) is 25.5 Å². The molecular weight excluding hydrogens is 234 g/mol. The van der Waals surface area contributed by atoms with Gasteiger partial charge in [0.25, 0.3) is 0 Å². The normalized spacial score (nSPS) is 10.2. The Labute approximate surface area is 106 Å². The Morgan fingerprint density at radius 3 is 2.50 bits per heavy atom. The van der Waals surface area contributed by atoms with Gasteiger partial charge in [-0.25, -0.2) is 4.79 Å². The lowest BCUT2D eigenvalue weighted by atomic mass is 10.2. The number of carbonyl (C=O) groups is 2. The SMILES string of the molecule is CCn1nc(C)c(CNC(=O)CNC(N)=O)c1C. The molecule has 3 amide bonds. The third-order valence-electron chi connectivity index (χ3n) is 2.72. The van der Waals surface area contributed by atoms with Gasteiger partial charge in [-0.05, 0) is 20.8 Å². The Balaban J connectivity index is 2.55. The Hall–Kier alpha value is -2.05. The number of aryl methyl sites for hydroxylation is 2. The summed E-state index contributed by atoms with van der Waals surface area (Å²) >= 11 is 0. The second kappa shape index (κ2) is 6.04. The number of aromatic nitrogens is 2. The second-order valence-corrected chi connectivity index (χ2v) is 3.96. The molecule has 0 aromatic carbocycles. The number of amides is 3. The van der Waals surface area contributed by atoms with Crippen LogP contribution in [0.4, 0.5) is 4.79 Å². The zero-order valence-electron chi connectivity index (χ0n) is 10.9. The maximum atomic E-state index is 11.4. The molecular formula is C11H19N5O2. The van der Waals surface area contributed by atoms with Crippen molar-refractivity contribution in [1.29, 1.82) is 0 Å². The van der Waals surface area contributed by atoms with E-state index in [0.29, 0.717) is 6.54 Å². The lowest BCUT2D eigenvalue weighted by Crippen LogP contribution is -2.39. The quantitative estimate of drug-likeness (QED) is 0.677. The Kier molecular flexibility index (Phi) is 4.70. The van der Waals surface area contributed by atoms with Crippen LogP contribution in [-0.4, -0.2) is 28.3 Å². The van der Waals surface area contributed by atoms with Gasteiger partial charge in [0.2, 0.25) is 5.91 Å². The van der Waals surface area contributed by atoms with E-state index < -0.39 is 6.03 Å². The molecule has 0 bridgehead atoms. The molecule has 1 heterocycles. The van der Waals surface area contributed by atoms with Crippen LogP contribution in [0.1, 0.15) is 23.9 Å². The van der Waals surface area contributed by atoms with Crippen molar-refractivity contribution in [3.63, 3.8) is 0 Å². The molecule has 7 heteroatoms. The summed E-state index contributed by atoms with van der Waals surface area (Å²) in [7, 11) is 0. The first-order valence-corrected chi connectivity index (χ1v) is 5.78. The fourth-order valence-corrected chi connectivity index (χ4v) is 1.71. The van der Waals surface area contributed by atoms with Crippen molar-refractivity contribution >= 4 is 11.9 Å². The average molecular weight is 253 g/mol. The third-order valence-corrected chi connectivity index (χ3v) is 2.72. The van der Waals surface area contributed by atoms with Gasteiger partial charge < -0.3 is 16.4 Å². The summed E-state index contributed by atoms with van der Waals surface area (Å²) in [6.45, 7) is 6.96. The van der Waals surface area contributed by atoms with Gasteiger partial charge in [0.15, 0.2) is 0 Å². The molecule has 1 rings (SSSR count). The fourth-order valence-electron chi connectivity index (χ4n) is 1.71. The minimum atomic E-state index is -0.712. The molecule has 18 heavy (non-hydrogen) atoms. The van der Waals surface area contributed by atoms with Gasteiger partial charge in [-0.15, -0.1) is 0 Å². The summed E-state index contributed by atoms with van der Waals surface area (Å²) in [4.78, 5) is 21.9. The summed E-state index contributed by atoms with van der Waals surface area (Å²) in [5.41, 5.74) is 7.82. The second-order valence-electron chi connectivity index (χ2n) is 3.96. The smallest absolute Gasteiger partial charge is 0.312 e. The van der Waals surface area contributed by atoms with Crippen molar-refractivity contribution in [3.8, 4) is 0 Å². The molecule has 0 aliphatic rings. The molecule has 1 aromatic heterocycles. The average Bonchev–Trinajstić information content (AvgIpc) is 2.59. The Morgan fingerprint density at radius 1 is 1.33 bits per heavy atom. The van der Waals surface area contributed by atoms with Crippen molar-refractivity contribution < 1.29 is 9.59 Å². The van der Waals surface area contributed by atoms with Gasteiger partial charge >= 0.3 is 6.03 Å². The van der Waals surface area contributed by atoms with Crippen LogP contribution in [0.15, 0.2) is 0 Å². The third kappa shape index (κ3) is 3.47. The Morgan fingerprint density at radius 2 is 2.00 bits per heavy atom. The largest absolute Gasteiger partial charge is 0.352 e. The lowest BCUT2D eigenvalue weighted by molar-refractivity contribution is -0.120. The highest BCUT2D eigenvalue weighted by molar-refractivity contribution is 5.83. The van der Waals surface area contributed by atoms with Crippen molar-refractivity contribution in [2.24, 2.45) is 5.73 Å². The number of nitrogens with zero attached hydrogens (tertiary/aromatic N) is 2. The predicted molar refractivity (Wildman–Crippen MR) is 66.8 cm³/mol. The minimum absolute atomic E-state index is 0.116. The van der Waals surface area contributed by atoms with E-state index in [0.717, 1.165) is 23.5 Å².